The second-order valence-corrected chi connectivity index (χ2v) is 4.21. The molecule has 0 heterocycles. The maximum absolute atomic E-state index is 5.81. The molecule has 2 aromatic rings. The molecule has 0 radical (unpaired) electrons. The number of fused-ring (bicyclic) bond motifs is 1. The Morgan fingerprint density at radius 2 is 1.53 bits per heavy atom. The third-order valence-corrected chi connectivity index (χ3v) is 2.50. The highest BCUT2D eigenvalue weighted by Gasteiger charge is 2.07. The van der Waals surface area contributed by atoms with Crippen LogP contribution in [0, 0.1) is 0 Å². The first-order valence-electron chi connectivity index (χ1n) is 6.03. The Morgan fingerprint density at radius 3 is 2.12 bits per heavy atom. The van der Waals surface area contributed by atoms with Crippen molar-refractivity contribution in [2.24, 2.45) is 0 Å². The quantitative estimate of drug-likeness (QED) is 0.789. The van der Waals surface area contributed by atoms with E-state index in [1.165, 1.54) is 0 Å². The molecule has 17 heavy (non-hydrogen) atoms. The van der Waals surface area contributed by atoms with Crippen molar-refractivity contribution >= 4 is 10.8 Å². The van der Waals surface area contributed by atoms with Gasteiger partial charge >= 0.3 is 0 Å². The summed E-state index contributed by atoms with van der Waals surface area (Å²) in [6, 6.07) is 12.1. The van der Waals surface area contributed by atoms with Gasteiger partial charge in [-0.2, -0.15) is 0 Å². The Kier molecular flexibility index (Phi) is 3.52. The molecule has 0 aliphatic rings. The van der Waals surface area contributed by atoms with Crippen molar-refractivity contribution in [2.45, 2.75) is 26.9 Å². The van der Waals surface area contributed by atoms with E-state index in [9.17, 15) is 0 Å². The summed E-state index contributed by atoms with van der Waals surface area (Å²) < 4.78 is 11.4. The number of benzene rings is 2. The molecule has 0 fully saturated rings. The number of hydrogen-bond donors (Lipinski definition) is 0. The third-order valence-electron chi connectivity index (χ3n) is 2.50. The average Bonchev–Trinajstić information content (AvgIpc) is 2.30. The zero-order valence-electron chi connectivity index (χ0n) is 10.6. The van der Waals surface area contributed by atoms with Crippen LogP contribution in [0.4, 0.5) is 0 Å². The third kappa shape index (κ3) is 2.52. The minimum atomic E-state index is 0.177. The molecule has 0 saturated carbocycles. The number of hydrogen-bond acceptors (Lipinski definition) is 2. The van der Waals surface area contributed by atoms with Crippen molar-refractivity contribution in [3.8, 4) is 11.5 Å². The highest BCUT2D eigenvalue weighted by Crippen LogP contribution is 2.32. The summed E-state index contributed by atoms with van der Waals surface area (Å²) in [6.45, 7) is 6.73. The molecule has 2 rings (SSSR count). The van der Waals surface area contributed by atoms with Gasteiger partial charge in [-0.15, -0.1) is 0 Å². The molecule has 0 unspecified atom stereocenters. The fraction of sp³-hybridized carbons (Fsp3) is 0.333. The topological polar surface area (TPSA) is 18.5 Å². The smallest absolute Gasteiger partial charge is 0.127 e. The van der Waals surface area contributed by atoms with Gasteiger partial charge in [0.1, 0.15) is 11.5 Å². The maximum Gasteiger partial charge on any atom is 0.127 e. The summed E-state index contributed by atoms with van der Waals surface area (Å²) in [4.78, 5) is 0. The lowest BCUT2D eigenvalue weighted by atomic mass is 10.1. The molecule has 0 atom stereocenters. The fourth-order valence-corrected chi connectivity index (χ4v) is 1.89. The zero-order valence-corrected chi connectivity index (χ0v) is 10.6. The van der Waals surface area contributed by atoms with Gasteiger partial charge < -0.3 is 9.47 Å². The lowest BCUT2D eigenvalue weighted by Crippen LogP contribution is -2.05. The van der Waals surface area contributed by atoms with Gasteiger partial charge in [-0.1, -0.05) is 24.3 Å². The van der Waals surface area contributed by atoms with E-state index >= 15 is 0 Å². The molecular formula is C15H18O2. The van der Waals surface area contributed by atoms with Crippen LogP contribution in [0.5, 0.6) is 11.5 Å². The molecule has 0 aliphatic heterocycles. The zero-order chi connectivity index (χ0) is 12.3. The van der Waals surface area contributed by atoms with E-state index in [1.54, 1.807) is 0 Å². The SMILES string of the molecule is CCOc1cccc2c(OC(C)C)cccc12. The van der Waals surface area contributed by atoms with Crippen LogP contribution in [-0.2, 0) is 0 Å². The van der Waals surface area contributed by atoms with Crippen LogP contribution < -0.4 is 9.47 Å². The molecule has 0 bridgehead atoms. The van der Waals surface area contributed by atoms with E-state index in [0.29, 0.717) is 6.61 Å². The summed E-state index contributed by atoms with van der Waals surface area (Å²) in [5, 5.41) is 2.21. The van der Waals surface area contributed by atoms with Gasteiger partial charge in [-0.05, 0) is 32.9 Å². The lowest BCUT2D eigenvalue weighted by molar-refractivity contribution is 0.245. The fourth-order valence-electron chi connectivity index (χ4n) is 1.89. The van der Waals surface area contributed by atoms with E-state index in [4.69, 9.17) is 9.47 Å². The van der Waals surface area contributed by atoms with Crippen LogP contribution in [0.1, 0.15) is 20.8 Å². The van der Waals surface area contributed by atoms with E-state index in [1.807, 2.05) is 45.0 Å². The van der Waals surface area contributed by atoms with Gasteiger partial charge in [0.25, 0.3) is 0 Å². The average molecular weight is 230 g/mol. The number of rotatable bonds is 4. The van der Waals surface area contributed by atoms with Gasteiger partial charge in [0.05, 0.1) is 12.7 Å². The normalized spacial score (nSPS) is 10.8. The summed E-state index contributed by atoms with van der Waals surface area (Å²) in [5.41, 5.74) is 0. The van der Waals surface area contributed by atoms with Crippen LogP contribution in [0.25, 0.3) is 10.8 Å². The van der Waals surface area contributed by atoms with Crippen molar-refractivity contribution < 1.29 is 9.47 Å². The summed E-state index contributed by atoms with van der Waals surface area (Å²) in [7, 11) is 0. The molecule has 0 N–H and O–H groups in total. The molecule has 90 valence electrons. The molecule has 0 amide bonds. The van der Waals surface area contributed by atoms with Crippen LogP contribution in [0.2, 0.25) is 0 Å². The Hall–Kier alpha value is -1.70. The number of ether oxygens (including phenoxy) is 2. The second-order valence-electron chi connectivity index (χ2n) is 4.21. The first-order chi connectivity index (χ1) is 8.22. The molecule has 0 spiro atoms. The van der Waals surface area contributed by atoms with Crippen LogP contribution in [0.15, 0.2) is 36.4 Å². The Labute approximate surface area is 102 Å². The predicted octanol–water partition coefficient (Wildman–Crippen LogP) is 4.03. The van der Waals surface area contributed by atoms with E-state index < -0.39 is 0 Å². The van der Waals surface area contributed by atoms with Gasteiger partial charge in [0.15, 0.2) is 0 Å². The van der Waals surface area contributed by atoms with Crippen molar-refractivity contribution in [2.75, 3.05) is 6.61 Å². The summed E-state index contributed by atoms with van der Waals surface area (Å²) >= 11 is 0. The van der Waals surface area contributed by atoms with Crippen molar-refractivity contribution in [1.29, 1.82) is 0 Å². The Bertz CT molecular complexity index is 503. The molecule has 2 nitrogen and oxygen atoms in total. The molecule has 2 aromatic carbocycles. The first-order valence-corrected chi connectivity index (χ1v) is 6.03. The monoisotopic (exact) mass is 230 g/mol. The standard InChI is InChI=1S/C15H18O2/c1-4-16-14-9-5-8-13-12(14)7-6-10-15(13)17-11(2)3/h5-11H,4H2,1-3H3. The Balaban J connectivity index is 2.53. The van der Waals surface area contributed by atoms with Gasteiger partial charge in [0.2, 0.25) is 0 Å². The summed E-state index contributed by atoms with van der Waals surface area (Å²) in [6.07, 6.45) is 0.177. The van der Waals surface area contributed by atoms with Crippen LogP contribution in [0.3, 0.4) is 0 Å². The molecule has 0 saturated heterocycles. The van der Waals surface area contributed by atoms with Crippen molar-refractivity contribution in [1.82, 2.24) is 0 Å². The predicted molar refractivity (Wildman–Crippen MR) is 70.9 cm³/mol. The molecular weight excluding hydrogens is 212 g/mol. The lowest BCUT2D eigenvalue weighted by Gasteiger charge is -2.14. The minimum Gasteiger partial charge on any atom is -0.493 e. The minimum absolute atomic E-state index is 0.177. The van der Waals surface area contributed by atoms with Crippen molar-refractivity contribution in [3.63, 3.8) is 0 Å². The van der Waals surface area contributed by atoms with E-state index in [2.05, 4.69) is 12.1 Å². The van der Waals surface area contributed by atoms with E-state index in [0.717, 1.165) is 22.3 Å². The van der Waals surface area contributed by atoms with E-state index in [-0.39, 0.29) is 6.10 Å². The van der Waals surface area contributed by atoms with Crippen LogP contribution >= 0.6 is 0 Å². The highest BCUT2D eigenvalue weighted by molar-refractivity contribution is 5.93. The molecule has 0 aromatic heterocycles. The largest absolute Gasteiger partial charge is 0.493 e. The van der Waals surface area contributed by atoms with Gasteiger partial charge in [-0.25, -0.2) is 0 Å². The summed E-state index contributed by atoms with van der Waals surface area (Å²) in [5.74, 6) is 1.83. The van der Waals surface area contributed by atoms with Gasteiger partial charge in [0, 0.05) is 10.8 Å². The second kappa shape index (κ2) is 5.09. The molecule has 2 heteroatoms. The first kappa shape index (κ1) is 11.8. The highest BCUT2D eigenvalue weighted by atomic mass is 16.5. The van der Waals surface area contributed by atoms with Crippen molar-refractivity contribution in [3.05, 3.63) is 36.4 Å². The van der Waals surface area contributed by atoms with Gasteiger partial charge in [-0.3, -0.25) is 0 Å². The Morgan fingerprint density at radius 1 is 0.941 bits per heavy atom. The molecule has 0 aliphatic carbocycles. The van der Waals surface area contributed by atoms with Crippen LogP contribution in [-0.4, -0.2) is 12.7 Å². The maximum atomic E-state index is 5.81.